The average molecular weight is 388 g/mol. The number of aryl methyl sites for hydroxylation is 2. The Balaban J connectivity index is 1.42. The lowest BCUT2D eigenvalue weighted by molar-refractivity contribution is 0.102. The van der Waals surface area contributed by atoms with Gasteiger partial charge >= 0.3 is 0 Å². The van der Waals surface area contributed by atoms with Crippen LogP contribution >= 0.6 is 23.1 Å². The highest BCUT2D eigenvalue weighted by Gasteiger charge is 2.19. The van der Waals surface area contributed by atoms with Crippen LogP contribution in [-0.2, 0) is 12.8 Å². The largest absolute Gasteiger partial charge is 0.298 e. The lowest BCUT2D eigenvalue weighted by atomic mass is 10.0. The van der Waals surface area contributed by atoms with Crippen molar-refractivity contribution in [2.24, 2.45) is 0 Å². The molecule has 130 valence electrons. The van der Waals surface area contributed by atoms with Crippen molar-refractivity contribution in [3.63, 3.8) is 0 Å². The van der Waals surface area contributed by atoms with Gasteiger partial charge in [-0.25, -0.2) is 4.98 Å². The van der Waals surface area contributed by atoms with Gasteiger partial charge in [-0.2, -0.15) is 8.75 Å². The molecule has 1 aliphatic rings. The normalized spacial score (nSPS) is 13.0. The van der Waals surface area contributed by atoms with E-state index in [1.165, 1.54) is 33.2 Å². The Hall–Kier alpha value is -2.90. The molecule has 0 unspecified atom stereocenters. The van der Waals surface area contributed by atoms with Gasteiger partial charge in [0.25, 0.3) is 5.91 Å². The molecule has 1 aliphatic carbocycles. The zero-order chi connectivity index (χ0) is 18.0. The molecule has 0 fully saturated rings. The van der Waals surface area contributed by atoms with Crippen molar-refractivity contribution in [2.45, 2.75) is 12.8 Å². The van der Waals surface area contributed by atoms with Gasteiger partial charge in [0.15, 0.2) is 5.13 Å². The molecular weight excluding hydrogens is 376 g/mol. The minimum atomic E-state index is -0.179. The molecule has 7 heteroatoms. The van der Waals surface area contributed by atoms with Crippen molar-refractivity contribution in [3.05, 3.63) is 59.2 Å². The number of aromatic nitrogens is 3. The van der Waals surface area contributed by atoms with Gasteiger partial charge in [0.2, 0.25) is 0 Å². The van der Waals surface area contributed by atoms with Crippen LogP contribution in [0.15, 0.2) is 42.5 Å². The molecule has 0 spiro atoms. The van der Waals surface area contributed by atoms with Crippen LogP contribution in [0.4, 0.5) is 5.13 Å². The summed E-state index contributed by atoms with van der Waals surface area (Å²) in [6.45, 7) is 0. The van der Waals surface area contributed by atoms with Gasteiger partial charge < -0.3 is 0 Å². The molecule has 6 rings (SSSR count). The van der Waals surface area contributed by atoms with E-state index < -0.39 is 0 Å². The van der Waals surface area contributed by atoms with E-state index in [9.17, 15) is 4.79 Å². The molecule has 0 aliphatic heterocycles. The Morgan fingerprint density at radius 2 is 1.89 bits per heavy atom. The number of anilines is 1. The van der Waals surface area contributed by atoms with Gasteiger partial charge in [0.05, 0.1) is 21.9 Å². The number of nitrogens with zero attached hydrogens (tertiary/aromatic N) is 3. The number of carbonyl (C=O) groups is 1. The number of amides is 1. The first-order valence-corrected chi connectivity index (χ1v) is 10.2. The van der Waals surface area contributed by atoms with Crippen molar-refractivity contribution in [3.8, 4) is 0 Å². The molecule has 2 heterocycles. The van der Waals surface area contributed by atoms with Crippen LogP contribution in [-0.4, -0.2) is 19.6 Å². The lowest BCUT2D eigenvalue weighted by Gasteiger charge is -2.02. The second-order valence-corrected chi connectivity index (χ2v) is 8.22. The maximum atomic E-state index is 12.7. The highest BCUT2D eigenvalue weighted by molar-refractivity contribution is 7.22. The summed E-state index contributed by atoms with van der Waals surface area (Å²) in [5.41, 5.74) is 5.85. The summed E-state index contributed by atoms with van der Waals surface area (Å²) >= 11 is 2.67. The zero-order valence-corrected chi connectivity index (χ0v) is 15.7. The molecule has 0 saturated heterocycles. The third kappa shape index (κ3) is 2.28. The summed E-state index contributed by atoms with van der Waals surface area (Å²) in [6, 6.07) is 14.0. The lowest BCUT2D eigenvalue weighted by Crippen LogP contribution is -2.11. The molecule has 27 heavy (non-hydrogen) atoms. The molecule has 1 N–H and O–H groups in total. The maximum Gasteiger partial charge on any atom is 0.257 e. The first kappa shape index (κ1) is 15.2. The first-order valence-electron chi connectivity index (χ1n) is 8.64. The van der Waals surface area contributed by atoms with Crippen LogP contribution in [0.5, 0.6) is 0 Å². The summed E-state index contributed by atoms with van der Waals surface area (Å²) in [7, 11) is 0. The van der Waals surface area contributed by atoms with Crippen LogP contribution < -0.4 is 5.32 Å². The first-order chi connectivity index (χ1) is 13.3. The molecule has 5 aromatic rings. The molecule has 0 bridgehead atoms. The predicted octanol–water partition coefficient (Wildman–Crippen LogP) is 4.81. The van der Waals surface area contributed by atoms with E-state index in [2.05, 4.69) is 38.3 Å². The monoisotopic (exact) mass is 388 g/mol. The maximum absolute atomic E-state index is 12.7. The fourth-order valence-electron chi connectivity index (χ4n) is 3.85. The second-order valence-electron chi connectivity index (χ2n) is 6.66. The highest BCUT2D eigenvalue weighted by atomic mass is 32.1. The number of rotatable bonds is 2. The number of benzene rings is 3. The average Bonchev–Trinajstić information content (AvgIpc) is 3.40. The molecular formula is C20H12N4OS2. The molecule has 2 aromatic heterocycles. The summed E-state index contributed by atoms with van der Waals surface area (Å²) in [5, 5.41) is 6.09. The molecule has 1 amide bonds. The molecule has 0 saturated carbocycles. The van der Waals surface area contributed by atoms with E-state index in [0.29, 0.717) is 10.7 Å². The SMILES string of the molecule is O=C(Nc1nc2c(cc3c4c(cccc42)CC3)s1)c1ccc2nsnc2c1. The van der Waals surface area contributed by atoms with Crippen molar-refractivity contribution in [1.82, 2.24) is 13.7 Å². The summed E-state index contributed by atoms with van der Waals surface area (Å²) in [4.78, 5) is 17.4. The molecule has 0 radical (unpaired) electrons. The molecule has 3 aromatic carbocycles. The Morgan fingerprint density at radius 1 is 1.00 bits per heavy atom. The minimum Gasteiger partial charge on any atom is -0.298 e. The number of fused-ring (bicyclic) bond motifs is 3. The van der Waals surface area contributed by atoms with Gasteiger partial charge in [-0.05, 0) is 53.6 Å². The number of nitrogens with one attached hydrogen (secondary N) is 1. The minimum absolute atomic E-state index is 0.179. The van der Waals surface area contributed by atoms with Crippen molar-refractivity contribution in [1.29, 1.82) is 0 Å². The van der Waals surface area contributed by atoms with Crippen LogP contribution in [0.25, 0.3) is 32.0 Å². The zero-order valence-electron chi connectivity index (χ0n) is 14.0. The smallest absolute Gasteiger partial charge is 0.257 e. The fourth-order valence-corrected chi connectivity index (χ4v) is 5.31. The van der Waals surface area contributed by atoms with Crippen LogP contribution in [0.2, 0.25) is 0 Å². The van der Waals surface area contributed by atoms with Crippen molar-refractivity contribution >= 4 is 66.1 Å². The molecule has 0 atom stereocenters. The van der Waals surface area contributed by atoms with E-state index in [-0.39, 0.29) is 5.91 Å². The van der Waals surface area contributed by atoms with E-state index in [1.807, 2.05) is 6.07 Å². The summed E-state index contributed by atoms with van der Waals surface area (Å²) in [5.74, 6) is -0.179. The van der Waals surface area contributed by atoms with Crippen molar-refractivity contribution in [2.75, 3.05) is 5.32 Å². The summed E-state index contributed by atoms with van der Waals surface area (Å²) in [6.07, 6.45) is 2.18. The van der Waals surface area contributed by atoms with Crippen LogP contribution in [0.1, 0.15) is 21.5 Å². The summed E-state index contributed by atoms with van der Waals surface area (Å²) < 4.78 is 9.49. The van der Waals surface area contributed by atoms with Crippen LogP contribution in [0, 0.1) is 0 Å². The third-order valence-corrected chi connectivity index (χ3v) is 6.56. The second kappa shape index (κ2) is 5.55. The van der Waals surface area contributed by atoms with Crippen LogP contribution in [0.3, 0.4) is 0 Å². The number of carbonyl (C=O) groups excluding carboxylic acids is 1. The Bertz CT molecular complexity index is 1390. The van der Waals surface area contributed by atoms with E-state index in [0.717, 1.165) is 45.8 Å². The Morgan fingerprint density at radius 3 is 2.85 bits per heavy atom. The topological polar surface area (TPSA) is 67.8 Å². The van der Waals surface area contributed by atoms with Gasteiger partial charge in [-0.15, -0.1) is 0 Å². The quantitative estimate of drug-likeness (QED) is 0.471. The van der Waals surface area contributed by atoms with Gasteiger partial charge in [-0.3, -0.25) is 10.1 Å². The predicted molar refractivity (Wildman–Crippen MR) is 110 cm³/mol. The van der Waals surface area contributed by atoms with Crippen molar-refractivity contribution < 1.29 is 4.79 Å². The third-order valence-electron chi connectivity index (χ3n) is 5.09. The van der Waals surface area contributed by atoms with E-state index in [1.54, 1.807) is 12.1 Å². The van der Waals surface area contributed by atoms with Gasteiger partial charge in [0, 0.05) is 10.9 Å². The number of hydrogen-bond acceptors (Lipinski definition) is 6. The Labute approximate surface area is 162 Å². The number of thiazole rings is 1. The fraction of sp³-hybridized carbons (Fsp3) is 0.100. The number of hydrogen-bond donors (Lipinski definition) is 1. The van der Waals surface area contributed by atoms with E-state index in [4.69, 9.17) is 4.98 Å². The van der Waals surface area contributed by atoms with E-state index >= 15 is 0 Å². The Kier molecular flexibility index (Phi) is 3.12. The highest BCUT2D eigenvalue weighted by Crippen LogP contribution is 2.39. The van der Waals surface area contributed by atoms with Gasteiger partial charge in [-0.1, -0.05) is 29.5 Å². The molecule has 5 nitrogen and oxygen atoms in total. The standard InChI is InChI=1S/C20H12N4OS2/c25-19(12-6-7-14-15(8-12)24-27-23-14)22-20-21-18-13-3-1-2-10-4-5-11(17(10)13)9-16(18)26-20/h1-3,6-9H,4-5H2,(H,21,22,25). The van der Waals surface area contributed by atoms with Gasteiger partial charge in [0.1, 0.15) is 11.0 Å².